The van der Waals surface area contributed by atoms with Crippen LogP contribution >= 0.6 is 0 Å². The third-order valence-corrected chi connectivity index (χ3v) is 5.11. The van der Waals surface area contributed by atoms with Crippen molar-refractivity contribution in [3.63, 3.8) is 0 Å². The standard InChI is InChI=1S/C19H25N5/c1-21-9-11-23(12-10-21)13-14-24-8-6-20-19(24)17-3-4-18-16(15-17)5-7-22(18)2/h3-8,15H,9-14H2,1-2H3. The second-order valence-corrected chi connectivity index (χ2v) is 6.79. The number of hydrogen-bond donors (Lipinski definition) is 0. The number of hydrogen-bond acceptors (Lipinski definition) is 3. The average molecular weight is 323 g/mol. The average Bonchev–Trinajstić information content (AvgIpc) is 3.21. The lowest BCUT2D eigenvalue weighted by atomic mass is 10.1. The molecule has 4 rings (SSSR count). The molecule has 0 radical (unpaired) electrons. The van der Waals surface area contributed by atoms with Crippen LogP contribution in [0.5, 0.6) is 0 Å². The molecular weight excluding hydrogens is 298 g/mol. The van der Waals surface area contributed by atoms with E-state index < -0.39 is 0 Å². The maximum atomic E-state index is 4.61. The fourth-order valence-electron chi connectivity index (χ4n) is 3.49. The number of nitrogens with zero attached hydrogens (tertiary/aromatic N) is 5. The highest BCUT2D eigenvalue weighted by Gasteiger charge is 2.14. The van der Waals surface area contributed by atoms with Crippen molar-refractivity contribution in [3.8, 4) is 11.4 Å². The molecule has 3 aromatic rings. The molecule has 1 aliphatic heterocycles. The molecule has 1 aliphatic rings. The van der Waals surface area contributed by atoms with Crippen molar-refractivity contribution < 1.29 is 0 Å². The second kappa shape index (κ2) is 6.42. The molecule has 0 spiro atoms. The van der Waals surface area contributed by atoms with Crippen LogP contribution in [0, 0.1) is 0 Å². The Balaban J connectivity index is 1.51. The fraction of sp³-hybridized carbons (Fsp3) is 0.421. The zero-order valence-electron chi connectivity index (χ0n) is 14.5. The minimum atomic E-state index is 0.992. The Morgan fingerprint density at radius 1 is 0.958 bits per heavy atom. The van der Waals surface area contributed by atoms with Gasteiger partial charge in [0.1, 0.15) is 5.82 Å². The number of aryl methyl sites for hydroxylation is 1. The number of likely N-dealkylation sites (N-methyl/N-ethyl adjacent to an activating group) is 1. The van der Waals surface area contributed by atoms with Gasteiger partial charge in [-0.3, -0.25) is 4.90 Å². The first kappa shape index (κ1) is 15.4. The molecule has 0 unspecified atom stereocenters. The molecular formula is C19H25N5. The predicted octanol–water partition coefficient (Wildman–Crippen LogP) is 2.29. The molecule has 2 aromatic heterocycles. The number of imidazole rings is 1. The van der Waals surface area contributed by atoms with Crippen LogP contribution in [0.25, 0.3) is 22.3 Å². The molecule has 0 N–H and O–H groups in total. The van der Waals surface area contributed by atoms with E-state index in [0.29, 0.717) is 0 Å². The minimum absolute atomic E-state index is 0.992. The lowest BCUT2D eigenvalue weighted by Crippen LogP contribution is -2.45. The summed E-state index contributed by atoms with van der Waals surface area (Å²) in [7, 11) is 4.28. The quantitative estimate of drug-likeness (QED) is 0.738. The normalized spacial score (nSPS) is 16.9. The van der Waals surface area contributed by atoms with Gasteiger partial charge < -0.3 is 14.0 Å². The maximum absolute atomic E-state index is 4.61. The third kappa shape index (κ3) is 2.97. The van der Waals surface area contributed by atoms with Gasteiger partial charge in [0, 0.05) is 81.4 Å². The Morgan fingerprint density at radius 2 is 1.79 bits per heavy atom. The van der Waals surface area contributed by atoms with Crippen molar-refractivity contribution in [3.05, 3.63) is 42.9 Å². The van der Waals surface area contributed by atoms with E-state index >= 15 is 0 Å². The summed E-state index contributed by atoms with van der Waals surface area (Å²) in [5.41, 5.74) is 2.45. The molecule has 0 bridgehead atoms. The minimum Gasteiger partial charge on any atom is -0.351 e. The Kier molecular flexibility index (Phi) is 4.12. The van der Waals surface area contributed by atoms with E-state index in [9.17, 15) is 0 Å². The highest BCUT2D eigenvalue weighted by molar-refractivity contribution is 5.84. The van der Waals surface area contributed by atoms with Crippen molar-refractivity contribution in [1.82, 2.24) is 23.9 Å². The summed E-state index contributed by atoms with van der Waals surface area (Å²) in [4.78, 5) is 9.55. The van der Waals surface area contributed by atoms with Gasteiger partial charge in [-0.15, -0.1) is 0 Å². The van der Waals surface area contributed by atoms with Gasteiger partial charge in [0.2, 0.25) is 0 Å². The Morgan fingerprint density at radius 3 is 2.62 bits per heavy atom. The van der Waals surface area contributed by atoms with Crippen LogP contribution in [-0.4, -0.2) is 63.7 Å². The molecule has 5 nitrogen and oxygen atoms in total. The molecule has 1 fully saturated rings. The monoisotopic (exact) mass is 323 g/mol. The van der Waals surface area contributed by atoms with Gasteiger partial charge in [0.15, 0.2) is 0 Å². The van der Waals surface area contributed by atoms with Crippen molar-refractivity contribution in [1.29, 1.82) is 0 Å². The maximum Gasteiger partial charge on any atom is 0.139 e. The lowest BCUT2D eigenvalue weighted by Gasteiger charge is -2.32. The summed E-state index contributed by atoms with van der Waals surface area (Å²) < 4.78 is 4.43. The van der Waals surface area contributed by atoms with Gasteiger partial charge in [0.05, 0.1) is 0 Å². The largest absolute Gasteiger partial charge is 0.351 e. The van der Waals surface area contributed by atoms with E-state index in [4.69, 9.17) is 0 Å². The molecule has 3 heterocycles. The molecule has 24 heavy (non-hydrogen) atoms. The van der Waals surface area contributed by atoms with Crippen LogP contribution in [0.15, 0.2) is 42.9 Å². The van der Waals surface area contributed by atoms with E-state index in [1.807, 2.05) is 6.20 Å². The first-order chi connectivity index (χ1) is 11.7. The van der Waals surface area contributed by atoms with Gasteiger partial charge in [-0.05, 0) is 31.3 Å². The summed E-state index contributed by atoms with van der Waals surface area (Å²) in [5.74, 6) is 1.06. The van der Waals surface area contributed by atoms with Crippen LogP contribution in [0.4, 0.5) is 0 Å². The van der Waals surface area contributed by atoms with E-state index in [0.717, 1.165) is 32.0 Å². The van der Waals surface area contributed by atoms with E-state index in [1.165, 1.54) is 29.6 Å². The lowest BCUT2D eigenvalue weighted by molar-refractivity contribution is 0.150. The number of rotatable bonds is 4. The zero-order valence-corrected chi connectivity index (χ0v) is 14.5. The van der Waals surface area contributed by atoms with Crippen LogP contribution in [0.3, 0.4) is 0 Å². The van der Waals surface area contributed by atoms with Crippen molar-refractivity contribution in [2.75, 3.05) is 39.8 Å². The number of aromatic nitrogens is 3. The van der Waals surface area contributed by atoms with Crippen molar-refractivity contribution >= 4 is 10.9 Å². The second-order valence-electron chi connectivity index (χ2n) is 6.79. The van der Waals surface area contributed by atoms with Gasteiger partial charge in [-0.2, -0.15) is 0 Å². The zero-order chi connectivity index (χ0) is 16.5. The third-order valence-electron chi connectivity index (χ3n) is 5.11. The Bertz CT molecular complexity index is 823. The van der Waals surface area contributed by atoms with Gasteiger partial charge in [-0.25, -0.2) is 4.98 Å². The van der Waals surface area contributed by atoms with Gasteiger partial charge >= 0.3 is 0 Å². The topological polar surface area (TPSA) is 29.2 Å². The molecule has 126 valence electrons. The molecule has 5 heteroatoms. The molecule has 0 amide bonds. The predicted molar refractivity (Wildman–Crippen MR) is 98.1 cm³/mol. The molecule has 0 atom stereocenters. The smallest absolute Gasteiger partial charge is 0.139 e. The summed E-state index contributed by atoms with van der Waals surface area (Å²) in [6.45, 7) is 6.74. The highest BCUT2D eigenvalue weighted by atomic mass is 15.3. The first-order valence-corrected chi connectivity index (χ1v) is 8.68. The van der Waals surface area contributed by atoms with E-state index in [2.05, 4.69) is 74.7 Å². The Labute approximate surface area is 143 Å². The Hall–Kier alpha value is -2.11. The van der Waals surface area contributed by atoms with Crippen LogP contribution < -0.4 is 0 Å². The molecule has 0 aliphatic carbocycles. The first-order valence-electron chi connectivity index (χ1n) is 8.68. The SMILES string of the molecule is CN1CCN(CCn2ccnc2-c2ccc3c(ccn3C)c2)CC1. The van der Waals surface area contributed by atoms with Gasteiger partial charge in [-0.1, -0.05) is 0 Å². The summed E-state index contributed by atoms with van der Waals surface area (Å²) >= 11 is 0. The van der Waals surface area contributed by atoms with E-state index in [1.54, 1.807) is 0 Å². The number of piperazine rings is 1. The summed E-state index contributed by atoms with van der Waals surface area (Å²) in [5, 5.41) is 1.27. The van der Waals surface area contributed by atoms with Crippen LogP contribution in [0.2, 0.25) is 0 Å². The van der Waals surface area contributed by atoms with Crippen LogP contribution in [-0.2, 0) is 13.6 Å². The number of fused-ring (bicyclic) bond motifs is 1. The molecule has 0 saturated carbocycles. The van der Waals surface area contributed by atoms with Crippen molar-refractivity contribution in [2.45, 2.75) is 6.54 Å². The summed E-state index contributed by atoms with van der Waals surface area (Å²) in [6.07, 6.45) is 6.11. The number of benzene rings is 1. The van der Waals surface area contributed by atoms with E-state index in [-0.39, 0.29) is 0 Å². The summed E-state index contributed by atoms with van der Waals surface area (Å²) in [6, 6.07) is 8.77. The van der Waals surface area contributed by atoms with Crippen LogP contribution in [0.1, 0.15) is 0 Å². The van der Waals surface area contributed by atoms with Crippen molar-refractivity contribution in [2.24, 2.45) is 7.05 Å². The molecule has 1 aromatic carbocycles. The highest BCUT2D eigenvalue weighted by Crippen LogP contribution is 2.24. The molecule has 1 saturated heterocycles. The fourth-order valence-corrected chi connectivity index (χ4v) is 3.49. The van der Waals surface area contributed by atoms with Gasteiger partial charge in [0.25, 0.3) is 0 Å².